The van der Waals surface area contributed by atoms with Gasteiger partial charge in [0.1, 0.15) is 35.4 Å². The summed E-state index contributed by atoms with van der Waals surface area (Å²) < 4.78 is 11.5. The van der Waals surface area contributed by atoms with Crippen molar-refractivity contribution < 1.29 is 8.83 Å². The van der Waals surface area contributed by atoms with Gasteiger partial charge >= 0.3 is 0 Å². The maximum atomic E-state index is 9.02. The standard InChI is InChI=1S/C20H6N4O2/c21-7-13(8-22)17-5-11-1-3-15-16(19(11)25-17)4-2-12-6-18(26-20(12)15)14(9-23)10-24/h1-6H. The zero-order valence-electron chi connectivity index (χ0n) is 13.1. The molecular weight excluding hydrogens is 328 g/mol. The predicted molar refractivity (Wildman–Crippen MR) is 92.0 cm³/mol. The fourth-order valence-corrected chi connectivity index (χ4v) is 2.92. The fraction of sp³-hybridized carbons (Fsp3) is 0. The summed E-state index contributed by atoms with van der Waals surface area (Å²) in [6, 6.07) is 17.8. The van der Waals surface area contributed by atoms with Gasteiger partial charge in [-0.25, -0.2) is 0 Å². The summed E-state index contributed by atoms with van der Waals surface area (Å²) in [5.41, 5.74) is 1.29. The van der Waals surface area contributed by atoms with Crippen LogP contribution >= 0.6 is 0 Å². The van der Waals surface area contributed by atoms with E-state index >= 15 is 0 Å². The zero-order valence-corrected chi connectivity index (χ0v) is 13.1. The molecule has 0 unspecified atom stereocenters. The lowest BCUT2D eigenvalue weighted by Crippen LogP contribution is -1.97. The van der Waals surface area contributed by atoms with Crippen LogP contribution in [0.25, 0.3) is 43.9 Å². The second-order valence-electron chi connectivity index (χ2n) is 5.48. The number of fused-ring (bicyclic) bond motifs is 5. The smallest absolute Gasteiger partial charge is 0.172 e. The van der Waals surface area contributed by atoms with Crippen molar-refractivity contribution in [1.29, 1.82) is 21.0 Å². The van der Waals surface area contributed by atoms with Crippen molar-refractivity contribution in [3.8, 4) is 24.3 Å². The molecule has 0 saturated heterocycles. The first-order chi connectivity index (χ1) is 12.7. The number of hydrogen-bond donors (Lipinski definition) is 0. The Morgan fingerprint density at radius 1 is 0.615 bits per heavy atom. The second kappa shape index (κ2) is 5.53. The highest BCUT2D eigenvalue weighted by Crippen LogP contribution is 2.30. The van der Waals surface area contributed by atoms with Crippen LogP contribution in [-0.2, 0) is 0 Å². The fourth-order valence-electron chi connectivity index (χ4n) is 2.92. The van der Waals surface area contributed by atoms with Gasteiger partial charge in [-0.3, -0.25) is 0 Å². The Labute approximate surface area is 145 Å². The van der Waals surface area contributed by atoms with Crippen molar-refractivity contribution >= 4 is 43.9 Å². The summed E-state index contributed by atoms with van der Waals surface area (Å²) in [7, 11) is 0. The molecule has 0 N–H and O–H groups in total. The van der Waals surface area contributed by atoms with E-state index in [1.807, 2.05) is 36.4 Å². The first-order valence-corrected chi connectivity index (χ1v) is 7.44. The quantitative estimate of drug-likeness (QED) is 0.487. The van der Waals surface area contributed by atoms with Crippen molar-refractivity contribution in [2.24, 2.45) is 0 Å². The highest BCUT2D eigenvalue weighted by Gasteiger charge is 2.12. The van der Waals surface area contributed by atoms with E-state index in [1.54, 1.807) is 24.3 Å². The highest BCUT2D eigenvalue weighted by molar-refractivity contribution is 6.13. The molecule has 2 heterocycles. The van der Waals surface area contributed by atoms with Crippen LogP contribution in [0.3, 0.4) is 0 Å². The molecule has 0 saturated carbocycles. The van der Waals surface area contributed by atoms with E-state index in [0.717, 1.165) is 21.5 Å². The van der Waals surface area contributed by atoms with Crippen LogP contribution in [0.2, 0.25) is 0 Å². The first-order valence-electron chi connectivity index (χ1n) is 7.44. The number of furan rings is 2. The molecule has 6 heteroatoms. The van der Waals surface area contributed by atoms with E-state index in [4.69, 9.17) is 29.9 Å². The molecule has 2 aromatic carbocycles. The summed E-state index contributed by atoms with van der Waals surface area (Å²) in [5.74, 6) is 0. The van der Waals surface area contributed by atoms with E-state index in [-0.39, 0.29) is 22.0 Å². The third kappa shape index (κ3) is 2.01. The molecular formula is C20H6N4O2. The zero-order chi connectivity index (χ0) is 18.3. The van der Waals surface area contributed by atoms with Crippen molar-refractivity contribution in [3.63, 3.8) is 0 Å². The first kappa shape index (κ1) is 15.0. The lowest BCUT2D eigenvalue weighted by molar-refractivity contribution is 0.578. The average molecular weight is 334 g/mol. The summed E-state index contributed by atoms with van der Waals surface area (Å²) >= 11 is 0. The Balaban J connectivity index is 2.17. The minimum Gasteiger partial charge on any atom is -0.454 e. The van der Waals surface area contributed by atoms with Crippen LogP contribution in [0, 0.1) is 45.3 Å². The Morgan fingerprint density at radius 3 is 1.35 bits per heavy atom. The maximum Gasteiger partial charge on any atom is 0.172 e. The van der Waals surface area contributed by atoms with Crippen LogP contribution in [0.15, 0.2) is 45.2 Å². The third-order valence-corrected chi connectivity index (χ3v) is 4.10. The van der Waals surface area contributed by atoms with Gasteiger partial charge in [0.2, 0.25) is 0 Å². The van der Waals surface area contributed by atoms with Crippen LogP contribution in [0.1, 0.15) is 0 Å². The molecule has 0 atom stereocenters. The molecule has 0 spiro atoms. The highest BCUT2D eigenvalue weighted by atomic mass is 16.3. The van der Waals surface area contributed by atoms with Crippen LogP contribution in [0.5, 0.6) is 0 Å². The van der Waals surface area contributed by atoms with Gasteiger partial charge in [0, 0.05) is 21.5 Å². The Bertz CT molecular complexity index is 1370. The SMILES string of the molecule is N#CC(C#N)=c1cc2ccc3c(ccc4cc(=C(C#N)C#N)oc43)c2o1. The average Bonchev–Trinajstić information content (AvgIpc) is 3.27. The summed E-state index contributed by atoms with van der Waals surface area (Å²) in [6.07, 6.45) is 0. The molecule has 26 heavy (non-hydrogen) atoms. The van der Waals surface area contributed by atoms with E-state index < -0.39 is 0 Å². The van der Waals surface area contributed by atoms with Crippen LogP contribution in [0.4, 0.5) is 0 Å². The number of rotatable bonds is 0. The molecule has 0 aliphatic heterocycles. The van der Waals surface area contributed by atoms with E-state index in [1.165, 1.54) is 0 Å². The van der Waals surface area contributed by atoms with Crippen LogP contribution < -0.4 is 10.8 Å². The summed E-state index contributed by atoms with van der Waals surface area (Å²) in [5, 5.41) is 39.1. The Morgan fingerprint density at radius 2 is 1.00 bits per heavy atom. The Hall–Kier alpha value is -4.52. The van der Waals surface area contributed by atoms with Gasteiger partial charge in [-0.05, 0) is 24.3 Å². The summed E-state index contributed by atoms with van der Waals surface area (Å²) in [6.45, 7) is 0. The van der Waals surface area contributed by atoms with Crippen molar-refractivity contribution in [2.75, 3.05) is 0 Å². The molecule has 0 radical (unpaired) electrons. The minimum atomic E-state index is -0.0991. The number of nitrogens with zero attached hydrogens (tertiary/aromatic N) is 4. The minimum absolute atomic E-state index is 0.0991. The van der Waals surface area contributed by atoms with Gasteiger partial charge in [0.05, 0.1) is 0 Å². The molecule has 2 aromatic heterocycles. The van der Waals surface area contributed by atoms with Gasteiger partial charge < -0.3 is 8.83 Å². The van der Waals surface area contributed by atoms with Gasteiger partial charge in [0.25, 0.3) is 0 Å². The number of benzene rings is 2. The van der Waals surface area contributed by atoms with Crippen molar-refractivity contribution in [2.45, 2.75) is 0 Å². The molecule has 0 fully saturated rings. The van der Waals surface area contributed by atoms with Gasteiger partial charge in [-0.2, -0.15) is 21.0 Å². The molecule has 0 bridgehead atoms. The largest absolute Gasteiger partial charge is 0.454 e. The second-order valence-corrected chi connectivity index (χ2v) is 5.48. The molecule has 0 aliphatic rings. The summed E-state index contributed by atoms with van der Waals surface area (Å²) in [4.78, 5) is 0. The Kier molecular flexibility index (Phi) is 3.20. The topological polar surface area (TPSA) is 121 Å². The molecule has 4 aromatic rings. The van der Waals surface area contributed by atoms with E-state index in [0.29, 0.717) is 11.2 Å². The predicted octanol–water partition coefficient (Wildman–Crippen LogP) is 2.73. The number of nitriles is 4. The third-order valence-electron chi connectivity index (χ3n) is 4.10. The van der Waals surface area contributed by atoms with Crippen molar-refractivity contribution in [3.05, 3.63) is 47.2 Å². The van der Waals surface area contributed by atoms with Gasteiger partial charge in [0.15, 0.2) is 22.0 Å². The molecule has 118 valence electrons. The van der Waals surface area contributed by atoms with Gasteiger partial charge in [-0.15, -0.1) is 0 Å². The molecule has 4 rings (SSSR count). The molecule has 0 amide bonds. The molecule has 0 aliphatic carbocycles. The lowest BCUT2D eigenvalue weighted by atomic mass is 10.1. The van der Waals surface area contributed by atoms with Crippen molar-refractivity contribution in [1.82, 2.24) is 0 Å². The van der Waals surface area contributed by atoms with E-state index in [9.17, 15) is 0 Å². The van der Waals surface area contributed by atoms with Crippen LogP contribution in [-0.4, -0.2) is 0 Å². The molecule has 6 nitrogen and oxygen atoms in total. The normalized spacial score (nSPS) is 10.2. The van der Waals surface area contributed by atoms with E-state index in [2.05, 4.69) is 0 Å². The maximum absolute atomic E-state index is 9.02. The monoisotopic (exact) mass is 334 g/mol. The number of hydrogen-bond acceptors (Lipinski definition) is 6. The van der Waals surface area contributed by atoms with Gasteiger partial charge in [-0.1, -0.05) is 12.1 Å². The lowest BCUT2D eigenvalue weighted by Gasteiger charge is -1.99.